The summed E-state index contributed by atoms with van der Waals surface area (Å²) in [6, 6.07) is 10.4. The van der Waals surface area contributed by atoms with Gasteiger partial charge in [-0.15, -0.1) is 5.73 Å². The molecule has 1 nitrogen and oxygen atoms in total. The van der Waals surface area contributed by atoms with E-state index in [0.29, 0.717) is 0 Å². The van der Waals surface area contributed by atoms with Crippen LogP contribution in [0.4, 0.5) is 0 Å². The molecule has 0 atom stereocenters. The molecule has 0 aliphatic rings. The molecule has 0 saturated heterocycles. The van der Waals surface area contributed by atoms with Crippen molar-refractivity contribution >= 4 is 5.57 Å². The first-order valence-corrected chi connectivity index (χ1v) is 5.98. The van der Waals surface area contributed by atoms with Crippen LogP contribution in [0.15, 0.2) is 42.1 Å². The number of aliphatic hydroxyl groups is 1. The van der Waals surface area contributed by atoms with Crippen LogP contribution < -0.4 is 0 Å². The maximum Gasteiger partial charge on any atom is 0.0431 e. The summed E-state index contributed by atoms with van der Waals surface area (Å²) in [7, 11) is 0. The van der Waals surface area contributed by atoms with Gasteiger partial charge in [-0.05, 0) is 37.3 Å². The molecule has 1 rings (SSSR count). The van der Waals surface area contributed by atoms with E-state index in [-0.39, 0.29) is 6.61 Å². The zero-order valence-corrected chi connectivity index (χ0v) is 9.95. The minimum atomic E-state index is 0.289. The van der Waals surface area contributed by atoms with Crippen LogP contribution in [0.1, 0.15) is 38.2 Å². The van der Waals surface area contributed by atoms with Crippen LogP contribution in [0.3, 0.4) is 0 Å². The van der Waals surface area contributed by atoms with Gasteiger partial charge in [-0.25, -0.2) is 0 Å². The van der Waals surface area contributed by atoms with Crippen molar-refractivity contribution in [2.45, 2.75) is 32.6 Å². The van der Waals surface area contributed by atoms with E-state index in [2.05, 4.69) is 43.0 Å². The third-order valence-corrected chi connectivity index (χ3v) is 2.51. The average Bonchev–Trinajstić information content (AvgIpc) is 2.35. The Labute approximate surface area is 98.1 Å². The highest BCUT2D eigenvalue weighted by atomic mass is 16.2. The Bertz CT molecular complexity index is 345. The SMILES string of the molecule is CCC(=C=CCCCCO)c1ccccc1. The summed E-state index contributed by atoms with van der Waals surface area (Å²) in [6.07, 6.45) is 6.00. The maximum atomic E-state index is 8.66. The smallest absolute Gasteiger partial charge is 0.0431 e. The van der Waals surface area contributed by atoms with Crippen LogP contribution in [-0.4, -0.2) is 11.7 Å². The van der Waals surface area contributed by atoms with Gasteiger partial charge in [0, 0.05) is 12.2 Å². The molecular formula is C15H20O. The van der Waals surface area contributed by atoms with Crippen LogP contribution in [-0.2, 0) is 0 Å². The molecule has 0 radical (unpaired) electrons. The van der Waals surface area contributed by atoms with E-state index < -0.39 is 0 Å². The number of hydrogen-bond donors (Lipinski definition) is 1. The minimum absolute atomic E-state index is 0.289. The molecule has 1 heteroatoms. The highest BCUT2D eigenvalue weighted by Crippen LogP contribution is 2.15. The molecule has 1 N–H and O–H groups in total. The third kappa shape index (κ3) is 4.48. The summed E-state index contributed by atoms with van der Waals surface area (Å²) in [4.78, 5) is 0. The van der Waals surface area contributed by atoms with Gasteiger partial charge in [-0.2, -0.15) is 0 Å². The van der Waals surface area contributed by atoms with E-state index in [1.807, 2.05) is 6.07 Å². The summed E-state index contributed by atoms with van der Waals surface area (Å²) in [5.41, 5.74) is 5.86. The molecule has 1 aromatic carbocycles. The Kier molecular flexibility index (Phi) is 6.32. The summed E-state index contributed by atoms with van der Waals surface area (Å²) in [5, 5.41) is 8.66. The lowest BCUT2D eigenvalue weighted by molar-refractivity contribution is 0.285. The maximum absolute atomic E-state index is 8.66. The highest BCUT2D eigenvalue weighted by molar-refractivity contribution is 5.64. The number of aliphatic hydroxyl groups excluding tert-OH is 1. The van der Waals surface area contributed by atoms with Crippen molar-refractivity contribution in [3.63, 3.8) is 0 Å². The molecule has 0 aromatic heterocycles. The molecule has 86 valence electrons. The van der Waals surface area contributed by atoms with Gasteiger partial charge in [0.1, 0.15) is 0 Å². The Hall–Kier alpha value is -1.30. The van der Waals surface area contributed by atoms with Crippen molar-refractivity contribution in [2.75, 3.05) is 6.61 Å². The Morgan fingerprint density at radius 3 is 2.62 bits per heavy atom. The van der Waals surface area contributed by atoms with Crippen molar-refractivity contribution in [3.8, 4) is 0 Å². The van der Waals surface area contributed by atoms with Crippen molar-refractivity contribution in [1.82, 2.24) is 0 Å². The normalized spacial score (nSPS) is 9.62. The van der Waals surface area contributed by atoms with E-state index >= 15 is 0 Å². The fourth-order valence-corrected chi connectivity index (χ4v) is 1.58. The Morgan fingerprint density at radius 2 is 2.00 bits per heavy atom. The van der Waals surface area contributed by atoms with Crippen molar-refractivity contribution in [3.05, 3.63) is 47.7 Å². The van der Waals surface area contributed by atoms with E-state index in [0.717, 1.165) is 25.7 Å². The lowest BCUT2D eigenvalue weighted by Crippen LogP contribution is -1.81. The molecule has 0 spiro atoms. The average molecular weight is 216 g/mol. The van der Waals surface area contributed by atoms with Crippen LogP contribution in [0.25, 0.3) is 5.57 Å². The summed E-state index contributed by atoms with van der Waals surface area (Å²) in [5.74, 6) is 0. The van der Waals surface area contributed by atoms with Gasteiger partial charge in [0.05, 0.1) is 0 Å². The number of hydrogen-bond acceptors (Lipinski definition) is 1. The Balaban J connectivity index is 2.63. The second kappa shape index (κ2) is 7.92. The predicted molar refractivity (Wildman–Crippen MR) is 69.2 cm³/mol. The zero-order valence-electron chi connectivity index (χ0n) is 9.95. The molecule has 0 amide bonds. The summed E-state index contributed by atoms with van der Waals surface area (Å²) >= 11 is 0. The first-order chi connectivity index (χ1) is 7.88. The summed E-state index contributed by atoms with van der Waals surface area (Å²) in [6.45, 7) is 2.44. The van der Waals surface area contributed by atoms with Crippen LogP contribution in [0, 0.1) is 0 Å². The molecule has 0 aliphatic carbocycles. The van der Waals surface area contributed by atoms with Crippen LogP contribution in [0.5, 0.6) is 0 Å². The van der Waals surface area contributed by atoms with Crippen LogP contribution >= 0.6 is 0 Å². The van der Waals surface area contributed by atoms with Gasteiger partial charge in [0.15, 0.2) is 0 Å². The Morgan fingerprint density at radius 1 is 1.25 bits per heavy atom. The lowest BCUT2D eigenvalue weighted by atomic mass is 10.0. The largest absolute Gasteiger partial charge is 0.396 e. The second-order valence-corrected chi connectivity index (χ2v) is 3.77. The zero-order chi connectivity index (χ0) is 11.6. The van der Waals surface area contributed by atoms with Crippen LogP contribution in [0.2, 0.25) is 0 Å². The fourth-order valence-electron chi connectivity index (χ4n) is 1.58. The number of unbranched alkanes of at least 4 members (excludes halogenated alkanes) is 2. The molecule has 0 aliphatic heterocycles. The van der Waals surface area contributed by atoms with Gasteiger partial charge < -0.3 is 5.11 Å². The van der Waals surface area contributed by atoms with E-state index in [1.165, 1.54) is 11.1 Å². The topological polar surface area (TPSA) is 20.2 Å². The van der Waals surface area contributed by atoms with Gasteiger partial charge in [-0.1, -0.05) is 37.3 Å². The number of allylic oxidation sites excluding steroid dienone is 1. The number of benzene rings is 1. The highest BCUT2D eigenvalue weighted by Gasteiger charge is 1.95. The molecule has 0 saturated carbocycles. The fraction of sp³-hybridized carbons (Fsp3) is 0.400. The monoisotopic (exact) mass is 216 g/mol. The van der Waals surface area contributed by atoms with Gasteiger partial charge in [-0.3, -0.25) is 0 Å². The molecule has 0 unspecified atom stereocenters. The first-order valence-electron chi connectivity index (χ1n) is 5.98. The van der Waals surface area contributed by atoms with E-state index in [9.17, 15) is 0 Å². The van der Waals surface area contributed by atoms with E-state index in [4.69, 9.17) is 5.11 Å². The molecular weight excluding hydrogens is 196 g/mol. The summed E-state index contributed by atoms with van der Waals surface area (Å²) < 4.78 is 0. The molecule has 0 fully saturated rings. The van der Waals surface area contributed by atoms with Gasteiger partial charge >= 0.3 is 0 Å². The standard InChI is InChI=1S/C15H20O/c1-2-14(10-6-3-4-9-13-16)15-11-7-5-8-12-15/h5-8,11-12,16H,2-4,9,13H2,1H3. The van der Waals surface area contributed by atoms with Crippen molar-refractivity contribution < 1.29 is 5.11 Å². The lowest BCUT2D eigenvalue weighted by Gasteiger charge is -2.00. The molecule has 0 bridgehead atoms. The van der Waals surface area contributed by atoms with Crippen molar-refractivity contribution in [1.29, 1.82) is 0 Å². The first kappa shape index (κ1) is 12.8. The van der Waals surface area contributed by atoms with Gasteiger partial charge in [0.25, 0.3) is 0 Å². The molecule has 16 heavy (non-hydrogen) atoms. The second-order valence-electron chi connectivity index (χ2n) is 3.77. The molecule has 0 heterocycles. The van der Waals surface area contributed by atoms with E-state index in [1.54, 1.807) is 0 Å². The third-order valence-electron chi connectivity index (χ3n) is 2.51. The van der Waals surface area contributed by atoms with Crippen molar-refractivity contribution in [2.24, 2.45) is 0 Å². The minimum Gasteiger partial charge on any atom is -0.396 e. The van der Waals surface area contributed by atoms with Gasteiger partial charge in [0.2, 0.25) is 0 Å². The number of rotatable bonds is 6. The quantitative estimate of drug-likeness (QED) is 0.566. The molecule has 1 aromatic rings. The predicted octanol–water partition coefficient (Wildman–Crippen LogP) is 3.80.